The van der Waals surface area contributed by atoms with Crippen LogP contribution < -0.4 is 16.4 Å². The van der Waals surface area contributed by atoms with Gasteiger partial charge in [-0.3, -0.25) is 19.8 Å². The number of benzene rings is 2. The number of thiophene rings is 1. The Hall–Kier alpha value is -4.06. The molecule has 0 unspecified atom stereocenters. The molecule has 1 spiro atoms. The van der Waals surface area contributed by atoms with Gasteiger partial charge in [0.15, 0.2) is 11.8 Å². The van der Waals surface area contributed by atoms with Crippen molar-refractivity contribution in [2.24, 2.45) is 5.73 Å². The van der Waals surface area contributed by atoms with E-state index in [4.69, 9.17) is 20.6 Å². The number of rotatable bonds is 8. The average molecular weight is 562 g/mol. The lowest BCUT2D eigenvalue weighted by Gasteiger charge is -2.33. The number of hydrogen-bond acceptors (Lipinski definition) is 7. The van der Waals surface area contributed by atoms with Gasteiger partial charge in [-0.1, -0.05) is 42.5 Å². The molecule has 10 nitrogen and oxygen atoms in total. The minimum absolute atomic E-state index is 0.0468. The van der Waals surface area contributed by atoms with Crippen LogP contribution in [0.25, 0.3) is 11.1 Å². The van der Waals surface area contributed by atoms with Crippen molar-refractivity contribution in [2.75, 3.05) is 26.3 Å². The summed E-state index contributed by atoms with van der Waals surface area (Å²) in [5, 5.41) is 15.0. The zero-order valence-corrected chi connectivity index (χ0v) is 22.8. The van der Waals surface area contributed by atoms with Crippen molar-refractivity contribution >= 4 is 34.9 Å². The Morgan fingerprint density at radius 2 is 1.75 bits per heavy atom. The third kappa shape index (κ3) is 5.62. The maximum atomic E-state index is 13.5. The van der Waals surface area contributed by atoms with Crippen molar-refractivity contribution in [1.82, 2.24) is 15.5 Å². The first-order chi connectivity index (χ1) is 19.3. The van der Waals surface area contributed by atoms with E-state index in [1.807, 2.05) is 49.4 Å². The van der Waals surface area contributed by atoms with E-state index in [1.54, 1.807) is 23.6 Å². The first-order valence-corrected chi connectivity index (χ1v) is 13.9. The summed E-state index contributed by atoms with van der Waals surface area (Å²) in [7, 11) is 0. The highest BCUT2D eigenvalue weighted by molar-refractivity contribution is 7.10. The number of likely N-dealkylation sites (tertiary alicyclic amines) is 1. The Balaban J connectivity index is 1.24. The van der Waals surface area contributed by atoms with Gasteiger partial charge in [0, 0.05) is 34.3 Å². The molecule has 3 amide bonds. The van der Waals surface area contributed by atoms with E-state index < -0.39 is 23.6 Å². The molecule has 1 aromatic heterocycles. The Kier molecular flexibility index (Phi) is 7.97. The summed E-state index contributed by atoms with van der Waals surface area (Å²) in [6.45, 7) is 2.44. The van der Waals surface area contributed by atoms with Gasteiger partial charge in [0.05, 0.1) is 25.8 Å². The number of amides is 3. The van der Waals surface area contributed by atoms with Crippen molar-refractivity contribution in [3.63, 3.8) is 0 Å². The first-order valence-electron chi connectivity index (χ1n) is 13.0. The molecule has 5 N–H and O–H groups in total. The van der Waals surface area contributed by atoms with Crippen LogP contribution in [0.4, 0.5) is 0 Å². The van der Waals surface area contributed by atoms with Crippen molar-refractivity contribution < 1.29 is 23.9 Å². The van der Waals surface area contributed by atoms with Gasteiger partial charge in [-0.25, -0.2) is 0 Å². The summed E-state index contributed by atoms with van der Waals surface area (Å²) in [5.74, 6) is -2.48. The molecule has 5 rings (SSSR count). The fraction of sp³-hybridized carbons (Fsp3) is 0.310. The lowest BCUT2D eigenvalue weighted by Crippen LogP contribution is -2.57. The van der Waals surface area contributed by atoms with Gasteiger partial charge in [-0.2, -0.15) is 0 Å². The maximum absolute atomic E-state index is 13.5. The fourth-order valence-electron chi connectivity index (χ4n) is 5.05. The summed E-state index contributed by atoms with van der Waals surface area (Å²) in [6.07, 6.45) is 0.341. The fourth-order valence-corrected chi connectivity index (χ4v) is 5.97. The number of nitrogen functional groups attached to an aromatic ring is 1. The van der Waals surface area contributed by atoms with Gasteiger partial charge in [-0.15, -0.1) is 11.3 Å². The van der Waals surface area contributed by atoms with Gasteiger partial charge in [-0.05, 0) is 36.2 Å². The first kappa shape index (κ1) is 27.5. The standard InChI is InChI=1S/C29H31N5O5S/c1-18(23-15-22(17-40-23)26(30)31)33-28(37)25-29(38-13-14-39-29)11-12-34(25)24(35)16-32-27(36)21-9-7-20(8-10-21)19-5-3-2-4-6-19/h2-10,15,17-18,25H,11-14,16H2,1H3,(H3,30,31)(H,32,36)(H,33,37)/t18-,25-/m1/s1. The second-order valence-electron chi connectivity index (χ2n) is 9.76. The second kappa shape index (κ2) is 11.6. The molecule has 0 radical (unpaired) electrons. The van der Waals surface area contributed by atoms with Crippen molar-refractivity contribution in [3.8, 4) is 11.1 Å². The SMILES string of the molecule is C[C@@H](NC(=O)[C@H]1N(C(=O)CNC(=O)c2ccc(-c3ccccc3)cc2)CCC12OCCO2)c1cc(C(=N)N)cs1. The second-order valence-corrected chi connectivity index (χ2v) is 10.7. The smallest absolute Gasteiger partial charge is 0.251 e. The van der Waals surface area contributed by atoms with E-state index in [1.165, 1.54) is 16.2 Å². The van der Waals surface area contributed by atoms with Crippen LogP contribution in [-0.4, -0.2) is 66.6 Å². The number of nitrogens with two attached hydrogens (primary N) is 1. The average Bonchev–Trinajstić information content (AvgIpc) is 3.73. The number of carbonyl (C=O) groups is 3. The monoisotopic (exact) mass is 561 g/mol. The lowest BCUT2D eigenvalue weighted by atomic mass is 10.0. The largest absolute Gasteiger partial charge is 0.384 e. The number of nitrogens with one attached hydrogen (secondary N) is 3. The lowest BCUT2D eigenvalue weighted by molar-refractivity contribution is -0.183. The maximum Gasteiger partial charge on any atom is 0.251 e. The van der Waals surface area contributed by atoms with Crippen molar-refractivity contribution in [3.05, 3.63) is 82.0 Å². The highest BCUT2D eigenvalue weighted by Crippen LogP contribution is 2.37. The van der Waals surface area contributed by atoms with E-state index >= 15 is 0 Å². The van der Waals surface area contributed by atoms with E-state index in [2.05, 4.69) is 10.6 Å². The number of ether oxygens (including phenoxy) is 2. The van der Waals surface area contributed by atoms with Crippen LogP contribution in [0.1, 0.15) is 40.2 Å². The van der Waals surface area contributed by atoms with Gasteiger partial charge < -0.3 is 30.7 Å². The van der Waals surface area contributed by atoms with Gasteiger partial charge in [0.1, 0.15) is 5.84 Å². The zero-order chi connectivity index (χ0) is 28.3. The third-order valence-corrected chi connectivity index (χ3v) is 8.26. The molecule has 2 aromatic carbocycles. The molecule has 40 heavy (non-hydrogen) atoms. The molecule has 2 saturated heterocycles. The topological polar surface area (TPSA) is 147 Å². The number of amidine groups is 1. The van der Waals surface area contributed by atoms with Crippen molar-refractivity contribution in [2.45, 2.75) is 31.2 Å². The van der Waals surface area contributed by atoms with Gasteiger partial charge in [0.25, 0.3) is 5.91 Å². The Morgan fingerprint density at radius 1 is 1.07 bits per heavy atom. The highest BCUT2D eigenvalue weighted by Gasteiger charge is 2.57. The summed E-state index contributed by atoms with van der Waals surface area (Å²) >= 11 is 1.38. The highest BCUT2D eigenvalue weighted by atomic mass is 32.1. The van der Waals surface area contributed by atoms with Gasteiger partial charge >= 0.3 is 0 Å². The van der Waals surface area contributed by atoms with Crippen LogP contribution in [0, 0.1) is 5.41 Å². The summed E-state index contributed by atoms with van der Waals surface area (Å²) < 4.78 is 11.7. The molecule has 3 heterocycles. The summed E-state index contributed by atoms with van der Waals surface area (Å²) in [5.41, 5.74) is 8.61. The third-order valence-electron chi connectivity index (χ3n) is 7.14. The predicted octanol–water partition coefficient (Wildman–Crippen LogP) is 2.65. The minimum Gasteiger partial charge on any atom is -0.384 e. The molecule has 2 atom stereocenters. The van der Waals surface area contributed by atoms with E-state index in [-0.39, 0.29) is 30.9 Å². The molecule has 0 aliphatic carbocycles. The van der Waals surface area contributed by atoms with Crippen LogP contribution >= 0.6 is 11.3 Å². The van der Waals surface area contributed by atoms with Crippen LogP contribution in [0.3, 0.4) is 0 Å². The van der Waals surface area contributed by atoms with Gasteiger partial charge in [0.2, 0.25) is 11.8 Å². The normalized spacial score (nSPS) is 18.4. The van der Waals surface area contributed by atoms with Crippen LogP contribution in [0.5, 0.6) is 0 Å². The zero-order valence-electron chi connectivity index (χ0n) is 22.0. The Labute approximate surface area is 236 Å². The van der Waals surface area contributed by atoms with Crippen LogP contribution in [0.15, 0.2) is 66.0 Å². The Morgan fingerprint density at radius 3 is 2.40 bits per heavy atom. The predicted molar refractivity (Wildman–Crippen MR) is 151 cm³/mol. The number of carbonyl (C=O) groups excluding carboxylic acids is 3. The number of nitrogens with zero attached hydrogens (tertiary/aromatic N) is 1. The molecule has 2 fully saturated rings. The quantitative estimate of drug-likeness (QED) is 0.246. The van der Waals surface area contributed by atoms with Crippen molar-refractivity contribution in [1.29, 1.82) is 5.41 Å². The molecule has 208 valence electrons. The van der Waals surface area contributed by atoms with Crippen LogP contribution in [-0.2, 0) is 19.1 Å². The Bertz CT molecular complexity index is 1400. The molecule has 3 aromatic rings. The molecular formula is C29H31N5O5S. The summed E-state index contributed by atoms with van der Waals surface area (Å²) in [6, 6.07) is 17.3. The number of hydrogen-bond donors (Lipinski definition) is 4. The van der Waals surface area contributed by atoms with E-state index in [0.717, 1.165) is 16.0 Å². The van der Waals surface area contributed by atoms with Crippen LogP contribution in [0.2, 0.25) is 0 Å². The molecule has 2 aliphatic rings. The molecular weight excluding hydrogens is 530 g/mol. The van der Waals surface area contributed by atoms with E-state index in [0.29, 0.717) is 30.8 Å². The van der Waals surface area contributed by atoms with E-state index in [9.17, 15) is 14.4 Å². The minimum atomic E-state index is -1.23. The molecule has 2 aliphatic heterocycles. The molecule has 0 saturated carbocycles. The molecule has 0 bridgehead atoms. The molecule has 11 heteroatoms. The summed E-state index contributed by atoms with van der Waals surface area (Å²) in [4.78, 5) is 41.9.